The molecule has 254 valence electrons. The minimum absolute atomic E-state index is 0.0485. The second kappa shape index (κ2) is 17.0. The summed E-state index contributed by atoms with van der Waals surface area (Å²) in [6.45, 7) is 3.85. The Hall–Kier alpha value is -4.54. The summed E-state index contributed by atoms with van der Waals surface area (Å²) < 4.78 is 40.5. The van der Waals surface area contributed by atoms with Crippen LogP contribution in [0.15, 0.2) is 102 Å². The lowest BCUT2D eigenvalue weighted by Crippen LogP contribution is -2.53. The number of hydrogen-bond acceptors (Lipinski definition) is 6. The lowest BCUT2D eigenvalue weighted by molar-refractivity contribution is -0.140. The van der Waals surface area contributed by atoms with Crippen LogP contribution < -0.4 is 19.1 Å². The summed E-state index contributed by atoms with van der Waals surface area (Å²) in [6.07, 6.45) is 1.89. The smallest absolute Gasteiger partial charge is 0.264 e. The number of methoxy groups -OCH3 is 2. The van der Waals surface area contributed by atoms with E-state index >= 15 is 0 Å². The van der Waals surface area contributed by atoms with Gasteiger partial charge >= 0.3 is 0 Å². The molecular formula is C37H42ClN3O6S. The van der Waals surface area contributed by atoms with Crippen LogP contribution in [0.1, 0.15) is 36.5 Å². The number of ether oxygens (including phenoxy) is 2. The van der Waals surface area contributed by atoms with Crippen LogP contribution in [0.2, 0.25) is 5.02 Å². The van der Waals surface area contributed by atoms with Crippen molar-refractivity contribution in [2.24, 2.45) is 0 Å². The number of carbonyl (C=O) groups is 2. The van der Waals surface area contributed by atoms with Gasteiger partial charge in [0.05, 0.1) is 24.8 Å². The number of anilines is 1. The zero-order chi connectivity index (χ0) is 34.7. The highest BCUT2D eigenvalue weighted by Gasteiger charge is 2.35. The van der Waals surface area contributed by atoms with Crippen LogP contribution in [-0.2, 0) is 32.6 Å². The molecule has 4 rings (SSSR count). The summed E-state index contributed by atoms with van der Waals surface area (Å²) in [7, 11) is -1.44. The third-order valence-electron chi connectivity index (χ3n) is 7.91. The minimum atomic E-state index is -4.32. The second-order valence-corrected chi connectivity index (χ2v) is 13.7. The number of amides is 2. The van der Waals surface area contributed by atoms with Gasteiger partial charge < -0.3 is 19.7 Å². The lowest BCUT2D eigenvalue weighted by atomic mass is 10.0. The molecule has 1 atom stereocenters. The van der Waals surface area contributed by atoms with E-state index in [2.05, 4.69) is 5.32 Å². The van der Waals surface area contributed by atoms with Crippen molar-refractivity contribution in [2.75, 3.05) is 31.6 Å². The van der Waals surface area contributed by atoms with Gasteiger partial charge in [0.25, 0.3) is 10.0 Å². The Bertz CT molecular complexity index is 1770. The number of benzene rings is 4. The predicted molar refractivity (Wildman–Crippen MR) is 189 cm³/mol. The Balaban J connectivity index is 1.80. The zero-order valence-electron chi connectivity index (χ0n) is 27.7. The van der Waals surface area contributed by atoms with Crippen LogP contribution in [-0.4, -0.2) is 58.5 Å². The number of unbranched alkanes of at least 4 members (excludes halogenated alkanes) is 1. The zero-order valence-corrected chi connectivity index (χ0v) is 29.3. The van der Waals surface area contributed by atoms with Crippen molar-refractivity contribution in [2.45, 2.75) is 50.6 Å². The van der Waals surface area contributed by atoms with E-state index in [4.69, 9.17) is 21.1 Å². The fraction of sp³-hybridized carbons (Fsp3) is 0.297. The van der Waals surface area contributed by atoms with E-state index in [9.17, 15) is 18.0 Å². The van der Waals surface area contributed by atoms with Crippen molar-refractivity contribution in [3.63, 3.8) is 0 Å². The van der Waals surface area contributed by atoms with Gasteiger partial charge in [-0.3, -0.25) is 13.9 Å². The summed E-state index contributed by atoms with van der Waals surface area (Å²) in [6, 6.07) is 26.7. The van der Waals surface area contributed by atoms with Gasteiger partial charge in [0.1, 0.15) is 12.6 Å². The maximum Gasteiger partial charge on any atom is 0.264 e. The molecule has 4 aromatic carbocycles. The summed E-state index contributed by atoms with van der Waals surface area (Å²) in [5, 5.41) is 3.52. The van der Waals surface area contributed by atoms with E-state index in [0.717, 1.165) is 33.8 Å². The molecule has 0 saturated heterocycles. The molecule has 0 radical (unpaired) electrons. The second-order valence-electron chi connectivity index (χ2n) is 11.4. The van der Waals surface area contributed by atoms with Gasteiger partial charge in [-0.1, -0.05) is 85.1 Å². The van der Waals surface area contributed by atoms with Gasteiger partial charge in [0.15, 0.2) is 11.5 Å². The number of carbonyl (C=O) groups excluding carboxylic acids is 2. The maximum atomic E-state index is 14.6. The molecule has 0 aliphatic heterocycles. The number of halogens is 1. The van der Waals surface area contributed by atoms with Crippen LogP contribution in [0.4, 0.5) is 5.69 Å². The Morgan fingerprint density at radius 1 is 0.854 bits per heavy atom. The first-order valence-electron chi connectivity index (χ1n) is 15.7. The molecule has 0 aliphatic rings. The Labute approximate surface area is 288 Å². The largest absolute Gasteiger partial charge is 0.493 e. The first-order valence-corrected chi connectivity index (χ1v) is 17.6. The monoisotopic (exact) mass is 691 g/mol. The van der Waals surface area contributed by atoms with Crippen molar-refractivity contribution in [3.8, 4) is 11.5 Å². The molecule has 4 aromatic rings. The van der Waals surface area contributed by atoms with E-state index in [1.54, 1.807) is 48.5 Å². The van der Waals surface area contributed by atoms with E-state index in [1.165, 1.54) is 37.3 Å². The molecule has 1 N–H and O–H groups in total. The molecule has 0 aromatic heterocycles. The highest BCUT2D eigenvalue weighted by molar-refractivity contribution is 7.92. The van der Waals surface area contributed by atoms with Gasteiger partial charge in [-0.15, -0.1) is 0 Å². The van der Waals surface area contributed by atoms with Crippen LogP contribution in [0.3, 0.4) is 0 Å². The molecule has 0 spiro atoms. The third-order valence-corrected chi connectivity index (χ3v) is 9.93. The SMILES string of the molecule is CCCCNC(=O)[C@@H](Cc1ccccc1)N(Cc1ccc(Cl)cc1)C(=O)CN(c1ccc(C)cc1)S(=O)(=O)c1ccc(OC)c(OC)c1. The summed E-state index contributed by atoms with van der Waals surface area (Å²) in [5.74, 6) is -0.286. The predicted octanol–water partition coefficient (Wildman–Crippen LogP) is 6.42. The van der Waals surface area contributed by atoms with Crippen LogP contribution >= 0.6 is 11.6 Å². The Morgan fingerprint density at radius 2 is 1.52 bits per heavy atom. The lowest BCUT2D eigenvalue weighted by Gasteiger charge is -2.34. The number of aryl methyl sites for hydroxylation is 1. The molecule has 48 heavy (non-hydrogen) atoms. The molecule has 0 bridgehead atoms. The number of nitrogens with zero attached hydrogens (tertiary/aromatic N) is 2. The van der Waals surface area contributed by atoms with Gasteiger partial charge in [-0.2, -0.15) is 0 Å². The van der Waals surface area contributed by atoms with Gasteiger partial charge in [0.2, 0.25) is 11.8 Å². The minimum Gasteiger partial charge on any atom is -0.493 e. The average molecular weight is 692 g/mol. The third kappa shape index (κ3) is 9.29. The fourth-order valence-corrected chi connectivity index (χ4v) is 6.75. The summed E-state index contributed by atoms with van der Waals surface area (Å²) in [4.78, 5) is 29.8. The standard InChI is InChI=1S/C37H42ClN3O6S/c1-5-6-22-39-37(43)33(23-28-10-8-7-9-11-28)40(25-29-14-16-30(38)17-15-29)36(42)26-41(31-18-12-27(2)13-19-31)48(44,45)32-20-21-34(46-3)35(24-32)47-4/h7-21,24,33H,5-6,22-23,25-26H2,1-4H3,(H,39,43)/t33-/m1/s1. The van der Waals surface area contributed by atoms with Crippen molar-refractivity contribution < 1.29 is 27.5 Å². The molecule has 0 unspecified atom stereocenters. The summed E-state index contributed by atoms with van der Waals surface area (Å²) >= 11 is 6.16. The highest BCUT2D eigenvalue weighted by atomic mass is 35.5. The molecule has 2 amide bonds. The molecule has 0 aliphatic carbocycles. The van der Waals surface area contributed by atoms with E-state index in [0.29, 0.717) is 23.0 Å². The normalized spacial score (nSPS) is 11.8. The Morgan fingerprint density at radius 3 is 2.15 bits per heavy atom. The number of hydrogen-bond donors (Lipinski definition) is 1. The topological polar surface area (TPSA) is 105 Å². The molecule has 9 nitrogen and oxygen atoms in total. The summed E-state index contributed by atoms with van der Waals surface area (Å²) in [5.41, 5.74) is 2.80. The number of sulfonamides is 1. The van der Waals surface area contributed by atoms with Crippen LogP contribution in [0.25, 0.3) is 0 Å². The van der Waals surface area contributed by atoms with Gasteiger partial charge in [-0.25, -0.2) is 8.42 Å². The highest BCUT2D eigenvalue weighted by Crippen LogP contribution is 2.32. The van der Waals surface area contributed by atoms with Crippen LogP contribution in [0, 0.1) is 6.92 Å². The molecule has 0 saturated carbocycles. The van der Waals surface area contributed by atoms with E-state index in [1.807, 2.05) is 44.2 Å². The first kappa shape index (κ1) is 36.3. The van der Waals surface area contributed by atoms with Crippen molar-refractivity contribution in [1.82, 2.24) is 10.2 Å². The number of nitrogens with one attached hydrogen (secondary N) is 1. The van der Waals surface area contributed by atoms with Crippen molar-refractivity contribution >= 4 is 39.1 Å². The molecule has 0 heterocycles. The molecule has 11 heteroatoms. The van der Waals surface area contributed by atoms with Gasteiger partial charge in [-0.05, 0) is 60.9 Å². The quantitative estimate of drug-likeness (QED) is 0.136. The van der Waals surface area contributed by atoms with Crippen LogP contribution in [0.5, 0.6) is 11.5 Å². The maximum absolute atomic E-state index is 14.6. The van der Waals surface area contributed by atoms with E-state index in [-0.39, 0.29) is 29.5 Å². The first-order chi connectivity index (χ1) is 23.1. The molecular weight excluding hydrogens is 650 g/mol. The average Bonchev–Trinajstić information content (AvgIpc) is 3.10. The van der Waals surface area contributed by atoms with E-state index < -0.39 is 28.5 Å². The number of rotatable bonds is 16. The van der Waals surface area contributed by atoms with Gasteiger partial charge in [0, 0.05) is 30.6 Å². The van der Waals surface area contributed by atoms with Crippen molar-refractivity contribution in [3.05, 3.63) is 119 Å². The fourth-order valence-electron chi connectivity index (χ4n) is 5.19. The molecule has 0 fully saturated rings. The van der Waals surface area contributed by atoms with Crippen molar-refractivity contribution in [1.29, 1.82) is 0 Å². The Kier molecular flexibility index (Phi) is 12.9.